The summed E-state index contributed by atoms with van der Waals surface area (Å²) in [6.45, 7) is 6.93. The van der Waals surface area contributed by atoms with E-state index in [1.807, 2.05) is 53.4 Å². The molecule has 0 spiro atoms. The van der Waals surface area contributed by atoms with Crippen molar-refractivity contribution in [3.63, 3.8) is 0 Å². The van der Waals surface area contributed by atoms with Gasteiger partial charge in [0.15, 0.2) is 6.61 Å². The maximum atomic E-state index is 12.7. The summed E-state index contributed by atoms with van der Waals surface area (Å²) >= 11 is 0. The highest BCUT2D eigenvalue weighted by atomic mass is 16.5. The van der Waals surface area contributed by atoms with Crippen molar-refractivity contribution in [1.29, 1.82) is 0 Å². The Balaban J connectivity index is 1.34. The van der Waals surface area contributed by atoms with Gasteiger partial charge in [0, 0.05) is 26.2 Å². The van der Waals surface area contributed by atoms with Crippen LogP contribution in [0.3, 0.4) is 0 Å². The number of carbonyl (C=O) groups is 1. The standard InChI is InChI=1S/C23H28N6O2/c1-3-18(2)20-11-7-8-12-21(20)31-17-22(30)27-13-15-28(16-14-27)23-24-25-26-29(23)19-9-5-4-6-10-19/h4-12,18H,3,13-17H2,1-2H3. The number of ether oxygens (including phenoxy) is 1. The van der Waals surface area contributed by atoms with Gasteiger partial charge in [-0.2, -0.15) is 4.68 Å². The molecule has 0 aliphatic carbocycles. The summed E-state index contributed by atoms with van der Waals surface area (Å²) in [5.41, 5.74) is 2.06. The third kappa shape index (κ3) is 4.68. The van der Waals surface area contributed by atoms with Gasteiger partial charge in [0.25, 0.3) is 5.91 Å². The Morgan fingerprint density at radius 3 is 2.48 bits per heavy atom. The summed E-state index contributed by atoms with van der Waals surface area (Å²) in [5, 5.41) is 12.2. The summed E-state index contributed by atoms with van der Waals surface area (Å²) in [4.78, 5) is 16.7. The molecule has 1 unspecified atom stereocenters. The van der Waals surface area contributed by atoms with Crippen molar-refractivity contribution in [2.24, 2.45) is 0 Å². The van der Waals surface area contributed by atoms with Crippen LogP contribution in [0.4, 0.5) is 5.95 Å². The lowest BCUT2D eigenvalue weighted by atomic mass is 9.98. The molecule has 8 heteroatoms. The Morgan fingerprint density at radius 1 is 1.03 bits per heavy atom. The van der Waals surface area contributed by atoms with E-state index in [9.17, 15) is 4.79 Å². The molecular weight excluding hydrogens is 392 g/mol. The Kier molecular flexibility index (Phi) is 6.45. The molecule has 3 aromatic rings. The number of carbonyl (C=O) groups excluding carboxylic acids is 1. The van der Waals surface area contributed by atoms with Crippen LogP contribution in [0.5, 0.6) is 5.75 Å². The van der Waals surface area contributed by atoms with Gasteiger partial charge in [-0.15, -0.1) is 0 Å². The Labute approximate surface area is 182 Å². The molecule has 1 atom stereocenters. The lowest BCUT2D eigenvalue weighted by Gasteiger charge is -2.34. The van der Waals surface area contributed by atoms with Crippen LogP contribution >= 0.6 is 0 Å². The van der Waals surface area contributed by atoms with E-state index in [4.69, 9.17) is 4.74 Å². The van der Waals surface area contributed by atoms with E-state index in [0.29, 0.717) is 38.0 Å². The van der Waals surface area contributed by atoms with Crippen molar-refractivity contribution in [3.05, 3.63) is 60.2 Å². The number of amides is 1. The second-order valence-electron chi connectivity index (χ2n) is 7.73. The molecule has 0 radical (unpaired) electrons. The largest absolute Gasteiger partial charge is 0.483 e. The maximum absolute atomic E-state index is 12.7. The first-order chi connectivity index (χ1) is 15.2. The summed E-state index contributed by atoms with van der Waals surface area (Å²) in [6.07, 6.45) is 1.03. The normalized spacial score (nSPS) is 15.0. The van der Waals surface area contributed by atoms with Gasteiger partial charge < -0.3 is 14.5 Å². The number of tetrazole rings is 1. The van der Waals surface area contributed by atoms with E-state index < -0.39 is 0 Å². The highest BCUT2D eigenvalue weighted by molar-refractivity contribution is 5.78. The number of para-hydroxylation sites is 2. The molecule has 2 heterocycles. The first-order valence-corrected chi connectivity index (χ1v) is 10.8. The predicted octanol–water partition coefficient (Wildman–Crippen LogP) is 2.90. The zero-order valence-electron chi connectivity index (χ0n) is 18.0. The molecule has 1 saturated heterocycles. The molecule has 162 valence electrons. The lowest BCUT2D eigenvalue weighted by molar-refractivity contribution is -0.133. The van der Waals surface area contributed by atoms with Gasteiger partial charge in [-0.25, -0.2) is 0 Å². The summed E-state index contributed by atoms with van der Waals surface area (Å²) in [7, 11) is 0. The van der Waals surface area contributed by atoms with Crippen LogP contribution in [0.1, 0.15) is 31.7 Å². The molecule has 31 heavy (non-hydrogen) atoms. The smallest absolute Gasteiger partial charge is 0.260 e. The molecule has 1 amide bonds. The number of piperazine rings is 1. The highest BCUT2D eigenvalue weighted by Gasteiger charge is 2.25. The minimum Gasteiger partial charge on any atom is -0.483 e. The Bertz CT molecular complexity index is 998. The van der Waals surface area contributed by atoms with Crippen molar-refractivity contribution in [2.75, 3.05) is 37.7 Å². The van der Waals surface area contributed by atoms with Crippen LogP contribution in [0.15, 0.2) is 54.6 Å². The van der Waals surface area contributed by atoms with Crippen LogP contribution in [-0.2, 0) is 4.79 Å². The molecule has 1 aliphatic rings. The topological polar surface area (TPSA) is 76.4 Å². The number of nitrogens with zero attached hydrogens (tertiary/aromatic N) is 6. The van der Waals surface area contributed by atoms with E-state index >= 15 is 0 Å². The van der Waals surface area contributed by atoms with Gasteiger partial charge in [0.1, 0.15) is 5.75 Å². The van der Waals surface area contributed by atoms with Crippen LogP contribution in [-0.4, -0.2) is 63.8 Å². The zero-order valence-corrected chi connectivity index (χ0v) is 18.0. The van der Waals surface area contributed by atoms with Crippen molar-refractivity contribution in [1.82, 2.24) is 25.1 Å². The average Bonchev–Trinajstić information content (AvgIpc) is 3.33. The minimum atomic E-state index is 0.00116. The average molecular weight is 421 g/mol. The van der Waals surface area contributed by atoms with Crippen molar-refractivity contribution in [3.8, 4) is 11.4 Å². The number of aromatic nitrogens is 4. The first kappa shape index (κ1) is 20.8. The van der Waals surface area contributed by atoms with Crippen LogP contribution in [0, 0.1) is 0 Å². The van der Waals surface area contributed by atoms with Gasteiger partial charge in [-0.1, -0.05) is 55.3 Å². The molecule has 0 N–H and O–H groups in total. The van der Waals surface area contributed by atoms with E-state index in [2.05, 4.69) is 40.3 Å². The molecule has 8 nitrogen and oxygen atoms in total. The summed E-state index contributed by atoms with van der Waals surface area (Å²) in [6, 6.07) is 17.8. The summed E-state index contributed by atoms with van der Waals surface area (Å²) in [5.74, 6) is 1.88. The van der Waals surface area contributed by atoms with Crippen molar-refractivity contribution in [2.45, 2.75) is 26.2 Å². The fourth-order valence-corrected chi connectivity index (χ4v) is 3.74. The van der Waals surface area contributed by atoms with E-state index in [1.54, 1.807) is 4.68 Å². The molecule has 1 aliphatic heterocycles. The lowest BCUT2D eigenvalue weighted by Crippen LogP contribution is -2.50. The molecule has 1 aromatic heterocycles. The fourth-order valence-electron chi connectivity index (χ4n) is 3.74. The maximum Gasteiger partial charge on any atom is 0.260 e. The molecule has 4 rings (SSSR count). The van der Waals surface area contributed by atoms with Gasteiger partial charge in [0.05, 0.1) is 5.69 Å². The number of hydrogen-bond donors (Lipinski definition) is 0. The van der Waals surface area contributed by atoms with Gasteiger partial charge in [0.2, 0.25) is 5.95 Å². The van der Waals surface area contributed by atoms with Gasteiger partial charge in [-0.05, 0) is 46.5 Å². The van der Waals surface area contributed by atoms with E-state index in [-0.39, 0.29) is 12.5 Å². The zero-order chi connectivity index (χ0) is 21.6. The number of anilines is 1. The van der Waals surface area contributed by atoms with Crippen molar-refractivity contribution < 1.29 is 9.53 Å². The minimum absolute atomic E-state index is 0.00116. The van der Waals surface area contributed by atoms with Crippen LogP contribution in [0.25, 0.3) is 5.69 Å². The van der Waals surface area contributed by atoms with Crippen molar-refractivity contribution >= 4 is 11.9 Å². The number of benzene rings is 2. The molecule has 0 saturated carbocycles. The van der Waals surface area contributed by atoms with E-state index in [0.717, 1.165) is 23.4 Å². The second kappa shape index (κ2) is 9.59. The molecule has 1 fully saturated rings. The Hall–Kier alpha value is -3.42. The quantitative estimate of drug-likeness (QED) is 0.585. The molecule has 2 aromatic carbocycles. The predicted molar refractivity (Wildman–Crippen MR) is 119 cm³/mol. The number of hydrogen-bond acceptors (Lipinski definition) is 6. The monoisotopic (exact) mass is 420 g/mol. The fraction of sp³-hybridized carbons (Fsp3) is 0.391. The molecule has 0 bridgehead atoms. The third-order valence-electron chi connectivity index (χ3n) is 5.78. The Morgan fingerprint density at radius 2 is 1.74 bits per heavy atom. The van der Waals surface area contributed by atoms with E-state index in [1.165, 1.54) is 0 Å². The SMILES string of the molecule is CCC(C)c1ccccc1OCC(=O)N1CCN(c2nnnn2-c2ccccc2)CC1. The first-order valence-electron chi connectivity index (χ1n) is 10.8. The third-order valence-corrected chi connectivity index (χ3v) is 5.78. The van der Waals surface area contributed by atoms with Gasteiger partial charge >= 0.3 is 0 Å². The van der Waals surface area contributed by atoms with Crippen LogP contribution in [0.2, 0.25) is 0 Å². The molecular formula is C23H28N6O2. The van der Waals surface area contributed by atoms with Gasteiger partial charge in [-0.3, -0.25) is 4.79 Å². The number of rotatable bonds is 7. The van der Waals surface area contributed by atoms with Crippen LogP contribution < -0.4 is 9.64 Å². The highest BCUT2D eigenvalue weighted by Crippen LogP contribution is 2.28. The summed E-state index contributed by atoms with van der Waals surface area (Å²) < 4.78 is 7.64. The second-order valence-corrected chi connectivity index (χ2v) is 7.73.